The first-order valence-corrected chi connectivity index (χ1v) is 6.93. The minimum Gasteiger partial charge on any atom is -0.343 e. The maximum atomic E-state index is 11.5. The van der Waals surface area contributed by atoms with Crippen LogP contribution >= 0.6 is 0 Å². The van der Waals surface area contributed by atoms with Crippen LogP contribution < -0.4 is 5.32 Å². The second-order valence-electron chi connectivity index (χ2n) is 4.74. The molecular weight excluding hydrogens is 214 g/mol. The van der Waals surface area contributed by atoms with Crippen molar-refractivity contribution in [3.05, 3.63) is 0 Å². The molecule has 2 aliphatic rings. The third kappa shape index (κ3) is 4.64. The number of piperidine rings is 1. The summed E-state index contributed by atoms with van der Waals surface area (Å²) in [6.07, 6.45) is 2.53. The maximum Gasteiger partial charge on any atom is 0.236 e. The predicted molar refractivity (Wildman–Crippen MR) is 71.0 cm³/mol. The number of nitrogens with one attached hydrogen (secondary N) is 1. The van der Waals surface area contributed by atoms with Crippen LogP contribution in [-0.4, -0.2) is 62.0 Å². The van der Waals surface area contributed by atoms with Crippen LogP contribution in [0.1, 0.15) is 26.7 Å². The predicted octanol–water partition coefficient (Wildman–Crippen LogP) is 0.786. The van der Waals surface area contributed by atoms with E-state index in [1.54, 1.807) is 0 Å². The first-order valence-electron chi connectivity index (χ1n) is 6.93. The lowest BCUT2D eigenvalue weighted by Crippen LogP contribution is -2.50. The van der Waals surface area contributed by atoms with Gasteiger partial charge in [0.1, 0.15) is 0 Å². The summed E-state index contributed by atoms with van der Waals surface area (Å²) in [4.78, 5) is 15.7. The Bertz CT molecular complexity index is 227. The Morgan fingerprint density at radius 2 is 1.88 bits per heavy atom. The van der Waals surface area contributed by atoms with Gasteiger partial charge in [-0.05, 0) is 31.8 Å². The van der Waals surface area contributed by atoms with Crippen molar-refractivity contribution in [1.82, 2.24) is 15.1 Å². The van der Waals surface area contributed by atoms with Gasteiger partial charge in [0.2, 0.25) is 5.91 Å². The van der Waals surface area contributed by atoms with E-state index in [1.165, 1.54) is 12.8 Å². The molecule has 0 saturated carbocycles. The summed E-state index contributed by atoms with van der Waals surface area (Å²) < 4.78 is 0. The highest BCUT2D eigenvalue weighted by Gasteiger charge is 2.23. The number of amides is 1. The van der Waals surface area contributed by atoms with Crippen LogP contribution in [0, 0.1) is 5.92 Å². The van der Waals surface area contributed by atoms with E-state index < -0.39 is 0 Å². The van der Waals surface area contributed by atoms with Crippen LogP contribution in [0.4, 0.5) is 0 Å². The summed E-state index contributed by atoms with van der Waals surface area (Å²) in [5, 5.41) is 3.37. The topological polar surface area (TPSA) is 35.6 Å². The van der Waals surface area contributed by atoms with Crippen LogP contribution in [0.15, 0.2) is 0 Å². The minimum atomic E-state index is 0.273. The van der Waals surface area contributed by atoms with Gasteiger partial charge in [0.15, 0.2) is 0 Å². The molecule has 0 radical (unpaired) electrons. The molecule has 0 aromatic carbocycles. The van der Waals surface area contributed by atoms with Gasteiger partial charge < -0.3 is 10.2 Å². The Labute approximate surface area is 105 Å². The molecular formula is C13H27N3O. The average Bonchev–Trinajstić information content (AvgIpc) is 2.38. The first kappa shape index (κ1) is 14.5. The molecule has 2 saturated heterocycles. The largest absolute Gasteiger partial charge is 0.343 e. The molecule has 100 valence electrons. The highest BCUT2D eigenvalue weighted by molar-refractivity contribution is 5.78. The van der Waals surface area contributed by atoms with Crippen LogP contribution in [-0.2, 0) is 4.79 Å². The van der Waals surface area contributed by atoms with Crippen LogP contribution in [0.5, 0.6) is 0 Å². The summed E-state index contributed by atoms with van der Waals surface area (Å²) in [5.74, 6) is 1.07. The van der Waals surface area contributed by atoms with Gasteiger partial charge in [0, 0.05) is 26.7 Å². The van der Waals surface area contributed by atoms with Crippen molar-refractivity contribution in [2.24, 2.45) is 5.92 Å². The lowest BCUT2D eigenvalue weighted by molar-refractivity contribution is -0.134. The SMILES string of the molecule is CC.CN1CCN(CC2CCNCC2)CC1=O. The van der Waals surface area contributed by atoms with E-state index in [1.807, 2.05) is 25.8 Å². The molecule has 4 heteroatoms. The highest BCUT2D eigenvalue weighted by Crippen LogP contribution is 2.14. The van der Waals surface area contributed by atoms with E-state index in [4.69, 9.17) is 0 Å². The molecule has 2 rings (SSSR count). The molecule has 1 amide bonds. The molecule has 0 atom stereocenters. The van der Waals surface area contributed by atoms with Crippen molar-refractivity contribution in [3.8, 4) is 0 Å². The number of hydrogen-bond acceptors (Lipinski definition) is 3. The molecule has 0 bridgehead atoms. The fourth-order valence-corrected chi connectivity index (χ4v) is 2.39. The zero-order chi connectivity index (χ0) is 12.7. The highest BCUT2D eigenvalue weighted by atomic mass is 16.2. The summed E-state index contributed by atoms with van der Waals surface area (Å²) >= 11 is 0. The summed E-state index contributed by atoms with van der Waals surface area (Å²) in [6, 6.07) is 0. The summed E-state index contributed by atoms with van der Waals surface area (Å²) in [7, 11) is 1.89. The lowest BCUT2D eigenvalue weighted by atomic mass is 9.97. The Hall–Kier alpha value is -0.610. The third-order valence-corrected chi connectivity index (χ3v) is 3.51. The second kappa shape index (κ2) is 7.67. The van der Waals surface area contributed by atoms with Gasteiger partial charge in [-0.2, -0.15) is 0 Å². The fourth-order valence-electron chi connectivity index (χ4n) is 2.39. The molecule has 2 aliphatic heterocycles. The van der Waals surface area contributed by atoms with Gasteiger partial charge in [-0.3, -0.25) is 9.69 Å². The van der Waals surface area contributed by atoms with E-state index in [2.05, 4.69) is 10.2 Å². The Kier molecular flexibility index (Phi) is 6.52. The molecule has 0 spiro atoms. The van der Waals surface area contributed by atoms with E-state index in [0.29, 0.717) is 6.54 Å². The number of rotatable bonds is 2. The maximum absolute atomic E-state index is 11.5. The van der Waals surface area contributed by atoms with Crippen molar-refractivity contribution in [3.63, 3.8) is 0 Å². The quantitative estimate of drug-likeness (QED) is 0.776. The van der Waals surface area contributed by atoms with Crippen molar-refractivity contribution < 1.29 is 4.79 Å². The van der Waals surface area contributed by atoms with Gasteiger partial charge in [-0.15, -0.1) is 0 Å². The number of carbonyl (C=O) groups is 1. The van der Waals surface area contributed by atoms with Crippen molar-refractivity contribution in [2.45, 2.75) is 26.7 Å². The van der Waals surface area contributed by atoms with Gasteiger partial charge >= 0.3 is 0 Å². The molecule has 0 unspecified atom stereocenters. The standard InChI is InChI=1S/C11H21N3O.C2H6/c1-13-6-7-14(9-11(13)15)8-10-2-4-12-5-3-10;1-2/h10,12H,2-9H2,1H3;1-2H3. The van der Waals surface area contributed by atoms with Gasteiger partial charge in [-0.1, -0.05) is 13.8 Å². The number of likely N-dealkylation sites (N-methyl/N-ethyl adjacent to an activating group) is 1. The lowest BCUT2D eigenvalue weighted by Gasteiger charge is -2.35. The average molecular weight is 241 g/mol. The zero-order valence-electron chi connectivity index (χ0n) is 11.5. The zero-order valence-corrected chi connectivity index (χ0v) is 11.5. The fraction of sp³-hybridized carbons (Fsp3) is 0.923. The molecule has 4 nitrogen and oxygen atoms in total. The number of carbonyl (C=O) groups excluding carboxylic acids is 1. The molecule has 2 heterocycles. The van der Waals surface area contributed by atoms with E-state index >= 15 is 0 Å². The number of nitrogens with zero attached hydrogens (tertiary/aromatic N) is 2. The minimum absolute atomic E-state index is 0.273. The monoisotopic (exact) mass is 241 g/mol. The van der Waals surface area contributed by atoms with E-state index in [0.717, 1.165) is 38.6 Å². The molecule has 17 heavy (non-hydrogen) atoms. The van der Waals surface area contributed by atoms with Gasteiger partial charge in [0.25, 0.3) is 0 Å². The van der Waals surface area contributed by atoms with Crippen molar-refractivity contribution >= 4 is 5.91 Å². The van der Waals surface area contributed by atoms with E-state index in [9.17, 15) is 4.79 Å². The molecule has 1 N–H and O–H groups in total. The molecule has 0 aliphatic carbocycles. The Morgan fingerprint density at radius 3 is 2.47 bits per heavy atom. The van der Waals surface area contributed by atoms with Gasteiger partial charge in [0.05, 0.1) is 6.54 Å². The number of hydrogen-bond donors (Lipinski definition) is 1. The third-order valence-electron chi connectivity index (χ3n) is 3.51. The summed E-state index contributed by atoms with van der Waals surface area (Å²) in [6.45, 7) is 9.97. The Balaban J connectivity index is 0.000000686. The van der Waals surface area contributed by atoms with Crippen molar-refractivity contribution in [1.29, 1.82) is 0 Å². The molecule has 2 fully saturated rings. The first-order chi connectivity index (χ1) is 8.25. The van der Waals surface area contributed by atoms with Crippen LogP contribution in [0.2, 0.25) is 0 Å². The Morgan fingerprint density at radius 1 is 1.24 bits per heavy atom. The second-order valence-corrected chi connectivity index (χ2v) is 4.74. The molecule has 0 aromatic heterocycles. The summed E-state index contributed by atoms with van der Waals surface area (Å²) in [5.41, 5.74) is 0. The van der Waals surface area contributed by atoms with Crippen LogP contribution in [0.25, 0.3) is 0 Å². The normalized spacial score (nSPS) is 23.2. The number of piperazine rings is 1. The smallest absolute Gasteiger partial charge is 0.236 e. The van der Waals surface area contributed by atoms with E-state index in [-0.39, 0.29) is 5.91 Å². The molecule has 0 aromatic rings. The van der Waals surface area contributed by atoms with Crippen LogP contribution in [0.3, 0.4) is 0 Å². The van der Waals surface area contributed by atoms with Crippen molar-refractivity contribution in [2.75, 3.05) is 46.3 Å². The van der Waals surface area contributed by atoms with Gasteiger partial charge in [-0.25, -0.2) is 0 Å².